The van der Waals surface area contributed by atoms with Crippen molar-refractivity contribution >= 4 is 40.7 Å². The molecule has 130 valence electrons. The van der Waals surface area contributed by atoms with Crippen molar-refractivity contribution in [2.45, 2.75) is 19.0 Å². The summed E-state index contributed by atoms with van der Waals surface area (Å²) in [6, 6.07) is 2.10. The average Bonchev–Trinajstić information content (AvgIpc) is 2.53. The summed E-state index contributed by atoms with van der Waals surface area (Å²) in [4.78, 5) is 14.8. The SMILES string of the molecule is CN1CCN(Cc2c(Cl)ccc(F)c2Cl)C(CC(=N)C(N)=O)C1=N. The van der Waals surface area contributed by atoms with Gasteiger partial charge >= 0.3 is 0 Å². The van der Waals surface area contributed by atoms with Crippen LogP contribution in [-0.4, -0.2) is 53.4 Å². The molecule has 0 bridgehead atoms. The summed E-state index contributed by atoms with van der Waals surface area (Å²) < 4.78 is 13.7. The van der Waals surface area contributed by atoms with Gasteiger partial charge in [0.15, 0.2) is 0 Å². The molecule has 0 aliphatic carbocycles. The summed E-state index contributed by atoms with van der Waals surface area (Å²) in [6.07, 6.45) is 0.00304. The number of carbonyl (C=O) groups excluding carboxylic acids is 1. The Balaban J connectivity index is 2.29. The smallest absolute Gasteiger partial charge is 0.262 e. The third kappa shape index (κ3) is 3.85. The highest BCUT2D eigenvalue weighted by molar-refractivity contribution is 6.37. The first-order valence-electron chi connectivity index (χ1n) is 7.25. The highest BCUT2D eigenvalue weighted by atomic mass is 35.5. The summed E-state index contributed by atoms with van der Waals surface area (Å²) in [6.45, 7) is 1.35. The van der Waals surface area contributed by atoms with Gasteiger partial charge in [0.2, 0.25) is 0 Å². The molecule has 1 unspecified atom stereocenters. The number of nitrogens with two attached hydrogens (primary N) is 1. The van der Waals surface area contributed by atoms with Gasteiger partial charge in [0, 0.05) is 43.7 Å². The van der Waals surface area contributed by atoms with Gasteiger partial charge < -0.3 is 10.6 Å². The minimum atomic E-state index is -0.821. The predicted molar refractivity (Wildman–Crippen MR) is 92.5 cm³/mol. The minimum Gasteiger partial charge on any atom is -0.365 e. The van der Waals surface area contributed by atoms with Crippen LogP contribution in [0.1, 0.15) is 12.0 Å². The van der Waals surface area contributed by atoms with Crippen LogP contribution in [0.2, 0.25) is 10.0 Å². The van der Waals surface area contributed by atoms with Crippen molar-refractivity contribution in [2.75, 3.05) is 20.1 Å². The van der Waals surface area contributed by atoms with Crippen LogP contribution in [0.5, 0.6) is 0 Å². The van der Waals surface area contributed by atoms with Crippen molar-refractivity contribution in [3.63, 3.8) is 0 Å². The number of nitrogens with zero attached hydrogens (tertiary/aromatic N) is 2. The number of rotatable bonds is 5. The second-order valence-corrected chi connectivity index (χ2v) is 6.45. The first kappa shape index (κ1) is 18.6. The molecule has 1 amide bonds. The Morgan fingerprint density at radius 2 is 2.08 bits per heavy atom. The number of amidine groups is 1. The van der Waals surface area contributed by atoms with Crippen LogP contribution in [0.4, 0.5) is 4.39 Å². The zero-order valence-corrected chi connectivity index (χ0v) is 14.6. The number of piperazine rings is 1. The zero-order valence-electron chi connectivity index (χ0n) is 13.1. The number of primary amides is 1. The molecule has 1 aromatic carbocycles. The highest BCUT2D eigenvalue weighted by Crippen LogP contribution is 2.30. The van der Waals surface area contributed by atoms with E-state index in [-0.39, 0.29) is 29.5 Å². The number of nitrogens with one attached hydrogen (secondary N) is 2. The van der Waals surface area contributed by atoms with E-state index in [2.05, 4.69) is 0 Å². The molecule has 2 rings (SSSR count). The minimum absolute atomic E-state index is 0.00304. The fraction of sp³-hybridized carbons (Fsp3) is 0.400. The van der Waals surface area contributed by atoms with Crippen LogP contribution >= 0.6 is 23.2 Å². The Kier molecular flexibility index (Phi) is 5.79. The molecule has 1 fully saturated rings. The maximum Gasteiger partial charge on any atom is 0.262 e. The molecule has 0 spiro atoms. The molecule has 1 heterocycles. The van der Waals surface area contributed by atoms with Crippen LogP contribution in [0.25, 0.3) is 0 Å². The molecule has 9 heteroatoms. The maximum absolute atomic E-state index is 13.7. The third-order valence-corrected chi connectivity index (χ3v) is 4.85. The van der Waals surface area contributed by atoms with Crippen LogP contribution in [0.15, 0.2) is 12.1 Å². The molecule has 1 atom stereocenters. The lowest BCUT2D eigenvalue weighted by molar-refractivity contribution is -0.112. The number of halogens is 3. The van der Waals surface area contributed by atoms with E-state index in [1.165, 1.54) is 12.1 Å². The predicted octanol–water partition coefficient (Wildman–Crippen LogP) is 2.12. The first-order chi connectivity index (χ1) is 11.2. The average molecular weight is 374 g/mol. The lowest BCUT2D eigenvalue weighted by atomic mass is 10.0. The Morgan fingerprint density at radius 3 is 2.71 bits per heavy atom. The molecular weight excluding hydrogens is 356 g/mol. The van der Waals surface area contributed by atoms with Crippen LogP contribution in [0, 0.1) is 16.6 Å². The molecular formula is C15H18Cl2FN5O. The molecule has 1 saturated heterocycles. The van der Waals surface area contributed by atoms with Crippen molar-refractivity contribution in [3.05, 3.63) is 33.6 Å². The molecule has 0 radical (unpaired) electrons. The van der Waals surface area contributed by atoms with Crippen LogP contribution in [-0.2, 0) is 11.3 Å². The van der Waals surface area contributed by atoms with E-state index >= 15 is 0 Å². The topological polar surface area (TPSA) is 97.3 Å². The number of hydrogen-bond donors (Lipinski definition) is 3. The maximum atomic E-state index is 13.7. The van der Waals surface area contributed by atoms with E-state index in [0.717, 1.165) is 0 Å². The summed E-state index contributed by atoms with van der Waals surface area (Å²) >= 11 is 12.2. The van der Waals surface area contributed by atoms with Gasteiger partial charge in [0.25, 0.3) is 5.91 Å². The Hall–Kier alpha value is -1.70. The van der Waals surface area contributed by atoms with Crippen molar-refractivity contribution < 1.29 is 9.18 Å². The molecule has 0 aromatic heterocycles. The number of hydrogen-bond acceptors (Lipinski definition) is 4. The quantitative estimate of drug-likeness (QED) is 0.544. The largest absolute Gasteiger partial charge is 0.365 e. The third-order valence-electron chi connectivity index (χ3n) is 4.09. The Bertz CT molecular complexity index is 697. The van der Waals surface area contributed by atoms with Crippen molar-refractivity contribution in [1.82, 2.24) is 9.80 Å². The normalized spacial score (nSPS) is 18.8. The van der Waals surface area contributed by atoms with Gasteiger partial charge in [0.05, 0.1) is 16.8 Å². The van der Waals surface area contributed by atoms with Crippen molar-refractivity contribution in [3.8, 4) is 0 Å². The van der Waals surface area contributed by atoms with Gasteiger partial charge in [-0.2, -0.15) is 0 Å². The molecule has 0 saturated carbocycles. The van der Waals surface area contributed by atoms with E-state index in [1.54, 1.807) is 11.9 Å². The molecule has 1 aliphatic rings. The van der Waals surface area contributed by atoms with Crippen LogP contribution in [0.3, 0.4) is 0 Å². The molecule has 24 heavy (non-hydrogen) atoms. The number of carbonyl (C=O) groups is 1. The van der Waals surface area contributed by atoms with Gasteiger partial charge in [-0.25, -0.2) is 4.39 Å². The van der Waals surface area contributed by atoms with E-state index in [4.69, 9.17) is 39.8 Å². The number of likely N-dealkylation sites (N-methyl/N-ethyl adjacent to an activating group) is 1. The fourth-order valence-corrected chi connectivity index (χ4v) is 3.10. The van der Waals surface area contributed by atoms with E-state index in [0.29, 0.717) is 23.7 Å². The van der Waals surface area contributed by atoms with Gasteiger partial charge in [0.1, 0.15) is 11.7 Å². The van der Waals surface area contributed by atoms with E-state index in [1.807, 2.05) is 4.90 Å². The van der Waals surface area contributed by atoms with Gasteiger partial charge in [-0.05, 0) is 12.1 Å². The molecule has 1 aliphatic heterocycles. The molecule has 6 nitrogen and oxygen atoms in total. The highest BCUT2D eigenvalue weighted by Gasteiger charge is 2.32. The second-order valence-electron chi connectivity index (χ2n) is 5.66. The summed E-state index contributed by atoms with van der Waals surface area (Å²) in [7, 11) is 1.77. The Morgan fingerprint density at radius 1 is 1.42 bits per heavy atom. The van der Waals surface area contributed by atoms with E-state index in [9.17, 15) is 9.18 Å². The van der Waals surface area contributed by atoms with Gasteiger partial charge in [-0.1, -0.05) is 23.2 Å². The van der Waals surface area contributed by atoms with Gasteiger partial charge in [-0.3, -0.25) is 20.5 Å². The summed E-state index contributed by atoms with van der Waals surface area (Å²) in [5.41, 5.74) is 5.30. The monoisotopic (exact) mass is 373 g/mol. The fourth-order valence-electron chi connectivity index (χ4n) is 2.61. The summed E-state index contributed by atoms with van der Waals surface area (Å²) in [5.74, 6) is -1.13. The number of amides is 1. The zero-order chi connectivity index (χ0) is 18.0. The molecule has 4 N–H and O–H groups in total. The Labute approximate surface area is 149 Å². The standard InChI is InChI=1S/C15H18Cl2FN5O/c1-22-4-5-23(12(14(22)20)6-11(19)15(21)24)7-8-9(16)2-3-10(18)13(8)17/h2-3,12,19-20H,4-7H2,1H3,(H2,21,24). The second kappa shape index (κ2) is 7.46. The van der Waals surface area contributed by atoms with E-state index < -0.39 is 17.8 Å². The molecule has 1 aromatic rings. The van der Waals surface area contributed by atoms with Crippen molar-refractivity contribution in [1.29, 1.82) is 10.8 Å². The lowest BCUT2D eigenvalue weighted by Crippen LogP contribution is -2.56. The summed E-state index contributed by atoms with van der Waals surface area (Å²) in [5, 5.41) is 16.2. The van der Waals surface area contributed by atoms with Gasteiger partial charge in [-0.15, -0.1) is 0 Å². The first-order valence-corrected chi connectivity index (χ1v) is 8.01. The van der Waals surface area contributed by atoms with Crippen LogP contribution < -0.4 is 5.73 Å². The number of benzene rings is 1. The van der Waals surface area contributed by atoms with Crippen molar-refractivity contribution in [2.24, 2.45) is 5.73 Å². The lowest BCUT2D eigenvalue weighted by Gasteiger charge is -2.41.